The molecule has 0 amide bonds. The van der Waals surface area contributed by atoms with Crippen molar-refractivity contribution in [2.24, 2.45) is 4.99 Å². The van der Waals surface area contributed by atoms with E-state index < -0.39 is 0 Å². The lowest BCUT2D eigenvalue weighted by Crippen LogP contribution is -2.15. The summed E-state index contributed by atoms with van der Waals surface area (Å²) in [6, 6.07) is 7.62. The van der Waals surface area contributed by atoms with Gasteiger partial charge in [0.05, 0.1) is 31.3 Å². The van der Waals surface area contributed by atoms with Crippen molar-refractivity contribution >= 4 is 11.9 Å². The second-order valence-electron chi connectivity index (χ2n) is 4.29. The predicted molar refractivity (Wildman–Crippen MR) is 72.1 cm³/mol. The van der Waals surface area contributed by atoms with E-state index in [0.29, 0.717) is 6.61 Å². The van der Waals surface area contributed by atoms with Crippen LogP contribution in [0.25, 0.3) is 0 Å². The molecule has 1 aromatic carbocycles. The summed E-state index contributed by atoms with van der Waals surface area (Å²) in [5.74, 6) is 1.76. The summed E-state index contributed by atoms with van der Waals surface area (Å²) in [5.41, 5.74) is 1.70. The highest BCUT2D eigenvalue weighted by Gasteiger charge is 2.11. The number of benzene rings is 1. The molecule has 0 unspecified atom stereocenters. The number of hydrogen-bond donors (Lipinski definition) is 0. The van der Waals surface area contributed by atoms with Gasteiger partial charge in [0.15, 0.2) is 0 Å². The van der Waals surface area contributed by atoms with Crippen LogP contribution in [0.4, 0.5) is 5.69 Å². The Balaban J connectivity index is 1.80. The Morgan fingerprint density at radius 1 is 1.47 bits per heavy atom. The van der Waals surface area contributed by atoms with Crippen LogP contribution in [-0.4, -0.2) is 29.5 Å². The number of hydrogen-bond acceptors (Lipinski definition) is 4. The van der Waals surface area contributed by atoms with Crippen LogP contribution < -0.4 is 4.74 Å². The smallest absolute Gasteiger partial charge is 0.135 e. The molecule has 2 aromatic rings. The van der Waals surface area contributed by atoms with Gasteiger partial charge in [0.25, 0.3) is 0 Å². The van der Waals surface area contributed by atoms with Crippen molar-refractivity contribution < 1.29 is 9.47 Å². The monoisotopic (exact) mass is 257 g/mol. The van der Waals surface area contributed by atoms with Crippen molar-refractivity contribution in [2.75, 3.05) is 13.7 Å². The first-order valence-electron chi connectivity index (χ1n) is 6.17. The zero-order chi connectivity index (χ0) is 13.1. The molecule has 0 fully saturated rings. The van der Waals surface area contributed by atoms with Gasteiger partial charge in [0.2, 0.25) is 0 Å². The molecule has 0 saturated heterocycles. The number of imidazole rings is 1. The van der Waals surface area contributed by atoms with Crippen LogP contribution in [0.3, 0.4) is 0 Å². The van der Waals surface area contributed by atoms with Crippen LogP contribution >= 0.6 is 0 Å². The molecule has 98 valence electrons. The molecule has 0 N–H and O–H groups in total. The average molecular weight is 257 g/mol. The first-order chi connectivity index (χ1) is 9.35. The molecular weight excluding hydrogens is 242 g/mol. The fraction of sp³-hybridized carbons (Fsp3) is 0.286. The van der Waals surface area contributed by atoms with Crippen molar-refractivity contribution in [1.29, 1.82) is 0 Å². The van der Waals surface area contributed by atoms with Gasteiger partial charge in [0.1, 0.15) is 18.2 Å². The third-order valence-electron chi connectivity index (χ3n) is 2.98. The van der Waals surface area contributed by atoms with Gasteiger partial charge in [-0.15, -0.1) is 0 Å². The van der Waals surface area contributed by atoms with Gasteiger partial charge in [-0.05, 0) is 12.1 Å². The lowest BCUT2D eigenvalue weighted by atomic mass is 10.3. The summed E-state index contributed by atoms with van der Waals surface area (Å²) >= 11 is 0. The highest BCUT2D eigenvalue weighted by atomic mass is 16.5. The fourth-order valence-corrected chi connectivity index (χ4v) is 2.01. The molecule has 5 nitrogen and oxygen atoms in total. The minimum atomic E-state index is 0.576. The minimum Gasteiger partial charge on any atom is -0.497 e. The molecular formula is C14H15N3O2. The summed E-state index contributed by atoms with van der Waals surface area (Å²) in [5, 5.41) is 0. The molecule has 1 aliphatic heterocycles. The molecule has 19 heavy (non-hydrogen) atoms. The number of nitrogens with zero attached hydrogens (tertiary/aromatic N) is 3. The van der Waals surface area contributed by atoms with Crippen molar-refractivity contribution in [2.45, 2.75) is 13.2 Å². The van der Waals surface area contributed by atoms with Gasteiger partial charge in [-0.3, -0.25) is 4.99 Å². The van der Waals surface area contributed by atoms with Crippen molar-refractivity contribution in [1.82, 2.24) is 9.55 Å². The Kier molecular flexibility index (Phi) is 3.29. The molecule has 1 aliphatic rings. The standard InChI is InChI=1S/C14H15N3O2/c1-18-13-4-2-3-11(7-13)15-8-12-9-17-5-6-19-10-14(17)16-12/h2-4,7-9H,5-6,10H2,1H3. The van der Waals surface area contributed by atoms with Crippen molar-refractivity contribution in [3.05, 3.63) is 42.0 Å². The van der Waals surface area contributed by atoms with E-state index in [1.165, 1.54) is 0 Å². The Hall–Kier alpha value is -2.14. The molecule has 0 spiro atoms. The molecule has 1 aromatic heterocycles. The lowest BCUT2D eigenvalue weighted by molar-refractivity contribution is 0.0816. The number of aromatic nitrogens is 2. The van der Waals surface area contributed by atoms with Crippen molar-refractivity contribution in [3.8, 4) is 5.75 Å². The van der Waals surface area contributed by atoms with Gasteiger partial charge in [0, 0.05) is 18.8 Å². The fourth-order valence-electron chi connectivity index (χ4n) is 2.01. The molecule has 0 radical (unpaired) electrons. The first-order valence-corrected chi connectivity index (χ1v) is 6.17. The summed E-state index contributed by atoms with van der Waals surface area (Å²) in [6.45, 7) is 2.18. The van der Waals surface area contributed by atoms with E-state index in [0.717, 1.165) is 36.1 Å². The summed E-state index contributed by atoms with van der Waals surface area (Å²) < 4.78 is 12.6. The molecule has 2 heterocycles. The van der Waals surface area contributed by atoms with Gasteiger partial charge in [-0.25, -0.2) is 4.98 Å². The van der Waals surface area contributed by atoms with Crippen LogP contribution in [0, 0.1) is 0 Å². The number of rotatable bonds is 3. The Bertz CT molecular complexity index is 581. The minimum absolute atomic E-state index is 0.576. The third-order valence-corrected chi connectivity index (χ3v) is 2.98. The Morgan fingerprint density at radius 3 is 3.26 bits per heavy atom. The molecule has 0 bridgehead atoms. The highest BCUT2D eigenvalue weighted by molar-refractivity contribution is 5.79. The predicted octanol–water partition coefficient (Wildman–Crippen LogP) is 2.17. The number of aliphatic imine (C=N–C) groups is 1. The maximum atomic E-state index is 5.36. The van der Waals surface area contributed by atoms with Crippen LogP contribution in [-0.2, 0) is 17.9 Å². The summed E-state index contributed by atoms with van der Waals surface area (Å²) in [6.07, 6.45) is 3.77. The van der Waals surface area contributed by atoms with Crippen LogP contribution in [0.2, 0.25) is 0 Å². The highest BCUT2D eigenvalue weighted by Crippen LogP contribution is 2.19. The van der Waals surface area contributed by atoms with E-state index in [2.05, 4.69) is 14.5 Å². The second-order valence-corrected chi connectivity index (χ2v) is 4.29. The van der Waals surface area contributed by atoms with Gasteiger partial charge >= 0.3 is 0 Å². The third kappa shape index (κ3) is 2.66. The van der Waals surface area contributed by atoms with E-state index in [9.17, 15) is 0 Å². The van der Waals surface area contributed by atoms with Crippen LogP contribution in [0.15, 0.2) is 35.5 Å². The van der Waals surface area contributed by atoms with E-state index in [-0.39, 0.29) is 0 Å². The number of ether oxygens (including phenoxy) is 2. The van der Waals surface area contributed by atoms with Crippen molar-refractivity contribution in [3.63, 3.8) is 0 Å². The average Bonchev–Trinajstić information content (AvgIpc) is 2.88. The molecule has 0 atom stereocenters. The maximum Gasteiger partial charge on any atom is 0.135 e. The number of methoxy groups -OCH3 is 1. The SMILES string of the molecule is COc1cccc(N=Cc2cn3c(n2)COCC3)c1. The van der Waals surface area contributed by atoms with Crippen LogP contribution in [0.5, 0.6) is 5.75 Å². The quantitative estimate of drug-likeness (QED) is 0.792. The summed E-state index contributed by atoms with van der Waals surface area (Å²) in [4.78, 5) is 8.87. The zero-order valence-electron chi connectivity index (χ0n) is 10.7. The Morgan fingerprint density at radius 2 is 2.42 bits per heavy atom. The molecule has 3 rings (SSSR count). The van der Waals surface area contributed by atoms with Gasteiger partial charge in [-0.1, -0.05) is 6.07 Å². The normalized spacial score (nSPS) is 14.6. The van der Waals surface area contributed by atoms with E-state index in [1.54, 1.807) is 13.3 Å². The largest absolute Gasteiger partial charge is 0.497 e. The zero-order valence-corrected chi connectivity index (χ0v) is 10.7. The van der Waals surface area contributed by atoms with E-state index >= 15 is 0 Å². The van der Waals surface area contributed by atoms with E-state index in [1.807, 2.05) is 30.5 Å². The lowest BCUT2D eigenvalue weighted by Gasteiger charge is -2.13. The molecule has 0 saturated carbocycles. The molecule has 5 heteroatoms. The second kappa shape index (κ2) is 5.24. The summed E-state index contributed by atoms with van der Waals surface area (Å²) in [7, 11) is 1.65. The topological polar surface area (TPSA) is 48.6 Å². The maximum absolute atomic E-state index is 5.36. The van der Waals surface area contributed by atoms with Gasteiger partial charge < -0.3 is 14.0 Å². The first kappa shape index (κ1) is 11.9. The number of fused-ring (bicyclic) bond motifs is 1. The van der Waals surface area contributed by atoms with Gasteiger partial charge in [-0.2, -0.15) is 0 Å². The van der Waals surface area contributed by atoms with E-state index in [4.69, 9.17) is 9.47 Å². The van der Waals surface area contributed by atoms with Crippen LogP contribution in [0.1, 0.15) is 11.5 Å². The Labute approximate surface area is 111 Å². The molecule has 0 aliphatic carbocycles.